The minimum absolute atomic E-state index is 0.0291. The first kappa shape index (κ1) is 17.6. The highest BCUT2D eigenvalue weighted by Crippen LogP contribution is 2.36. The quantitative estimate of drug-likeness (QED) is 0.798. The summed E-state index contributed by atoms with van der Waals surface area (Å²) in [5.41, 5.74) is 0.216. The first-order chi connectivity index (χ1) is 11.7. The van der Waals surface area contributed by atoms with Gasteiger partial charge in [0.15, 0.2) is 11.6 Å². The number of rotatable bonds is 4. The summed E-state index contributed by atoms with van der Waals surface area (Å²) in [6.07, 6.45) is 3.09. The number of halogens is 1. The molecule has 1 aliphatic rings. The third-order valence-corrected chi connectivity index (χ3v) is 4.55. The van der Waals surface area contributed by atoms with Gasteiger partial charge in [0.25, 0.3) is 0 Å². The molecule has 0 N–H and O–H groups in total. The van der Waals surface area contributed by atoms with Gasteiger partial charge >= 0.3 is 13.1 Å². The van der Waals surface area contributed by atoms with Gasteiger partial charge in [-0.2, -0.15) is 4.98 Å². The van der Waals surface area contributed by atoms with Crippen LogP contribution < -0.4 is 10.2 Å². The van der Waals surface area contributed by atoms with Crippen LogP contribution in [0.25, 0.3) is 6.08 Å². The highest BCUT2D eigenvalue weighted by molar-refractivity contribution is 6.62. The predicted octanol–water partition coefficient (Wildman–Crippen LogP) is 3.35. The van der Waals surface area contributed by atoms with Crippen LogP contribution in [0.5, 0.6) is 11.8 Å². The molecule has 1 aromatic carbocycles. The van der Waals surface area contributed by atoms with Crippen LogP contribution in [0.4, 0.5) is 4.39 Å². The van der Waals surface area contributed by atoms with Crippen molar-refractivity contribution in [1.82, 2.24) is 9.97 Å². The zero-order valence-corrected chi connectivity index (χ0v) is 14.7. The molecule has 0 radical (unpaired) electrons. The van der Waals surface area contributed by atoms with Gasteiger partial charge in [-0.15, -0.1) is 0 Å². The van der Waals surface area contributed by atoms with Crippen LogP contribution >= 0.6 is 0 Å². The standard InChI is InChI=1S/C18H20BFN2O3/c1-6-13-9-10-21-16(22-13)23-15-8-7-12(11-14(15)20)19-24-17(2,3)18(4,5)25-19/h6-11H,1H2,2-5H3. The molecule has 25 heavy (non-hydrogen) atoms. The van der Waals surface area contributed by atoms with Gasteiger partial charge in [0.1, 0.15) is 0 Å². The summed E-state index contributed by atoms with van der Waals surface area (Å²) in [6.45, 7) is 11.4. The van der Waals surface area contributed by atoms with Crippen LogP contribution in [0.3, 0.4) is 0 Å². The van der Waals surface area contributed by atoms with Gasteiger partial charge < -0.3 is 14.0 Å². The number of aromatic nitrogens is 2. The van der Waals surface area contributed by atoms with Crippen molar-refractivity contribution >= 4 is 18.7 Å². The van der Waals surface area contributed by atoms with E-state index in [4.69, 9.17) is 14.0 Å². The minimum Gasteiger partial charge on any atom is -0.421 e. The van der Waals surface area contributed by atoms with Crippen molar-refractivity contribution in [2.75, 3.05) is 0 Å². The van der Waals surface area contributed by atoms with Gasteiger partial charge in [0, 0.05) is 6.20 Å². The van der Waals surface area contributed by atoms with Gasteiger partial charge in [-0.3, -0.25) is 0 Å². The minimum atomic E-state index is -0.631. The van der Waals surface area contributed by atoms with Crippen molar-refractivity contribution in [3.8, 4) is 11.8 Å². The first-order valence-corrected chi connectivity index (χ1v) is 8.00. The molecular formula is C18H20BFN2O3. The Morgan fingerprint density at radius 1 is 1.16 bits per heavy atom. The van der Waals surface area contributed by atoms with E-state index in [2.05, 4.69) is 16.5 Å². The van der Waals surface area contributed by atoms with Gasteiger partial charge in [-0.1, -0.05) is 12.6 Å². The fraction of sp³-hybridized carbons (Fsp3) is 0.333. The second-order valence-electron chi connectivity index (χ2n) is 6.85. The maximum absolute atomic E-state index is 14.4. The highest BCUT2D eigenvalue weighted by atomic mass is 19.1. The van der Waals surface area contributed by atoms with E-state index in [1.54, 1.807) is 18.2 Å². The van der Waals surface area contributed by atoms with Gasteiger partial charge in [0.2, 0.25) is 0 Å². The predicted molar refractivity (Wildman–Crippen MR) is 94.3 cm³/mol. The zero-order chi connectivity index (χ0) is 18.2. The van der Waals surface area contributed by atoms with Crippen molar-refractivity contribution in [1.29, 1.82) is 0 Å². The summed E-state index contributed by atoms with van der Waals surface area (Å²) in [7, 11) is -0.631. The molecule has 1 saturated heterocycles. The van der Waals surface area contributed by atoms with Crippen molar-refractivity contribution < 1.29 is 18.4 Å². The normalized spacial score (nSPS) is 18.2. The number of hydrogen-bond donors (Lipinski definition) is 0. The Kier molecular flexibility index (Phi) is 4.39. The molecule has 7 heteroatoms. The maximum atomic E-state index is 14.4. The fourth-order valence-corrected chi connectivity index (χ4v) is 2.34. The van der Waals surface area contributed by atoms with E-state index in [1.165, 1.54) is 18.3 Å². The average molecular weight is 342 g/mol. The molecular weight excluding hydrogens is 322 g/mol. The Hall–Kier alpha value is -2.25. The van der Waals surface area contributed by atoms with E-state index in [-0.39, 0.29) is 11.8 Å². The number of nitrogens with zero attached hydrogens (tertiary/aromatic N) is 2. The van der Waals surface area contributed by atoms with Crippen molar-refractivity contribution in [2.24, 2.45) is 0 Å². The molecule has 0 spiro atoms. The van der Waals surface area contributed by atoms with Gasteiger partial charge in [0.05, 0.1) is 16.9 Å². The van der Waals surface area contributed by atoms with Crippen LogP contribution in [-0.2, 0) is 9.31 Å². The molecule has 2 aromatic rings. The SMILES string of the molecule is C=Cc1ccnc(Oc2ccc(B3OC(C)(C)C(C)(C)O3)cc2F)n1. The highest BCUT2D eigenvalue weighted by Gasteiger charge is 2.51. The van der Waals surface area contributed by atoms with Gasteiger partial charge in [-0.05, 0) is 57.4 Å². The third-order valence-electron chi connectivity index (χ3n) is 4.55. The molecule has 0 atom stereocenters. The molecule has 1 aromatic heterocycles. The molecule has 0 saturated carbocycles. The lowest BCUT2D eigenvalue weighted by Crippen LogP contribution is -2.41. The Morgan fingerprint density at radius 2 is 1.84 bits per heavy atom. The monoisotopic (exact) mass is 342 g/mol. The molecule has 2 heterocycles. The molecule has 3 rings (SSSR count). The molecule has 1 aliphatic heterocycles. The lowest BCUT2D eigenvalue weighted by molar-refractivity contribution is 0.00578. The van der Waals surface area contributed by atoms with Crippen LogP contribution in [-0.4, -0.2) is 28.3 Å². The maximum Gasteiger partial charge on any atom is 0.494 e. The molecule has 0 aliphatic carbocycles. The van der Waals surface area contributed by atoms with E-state index in [1.807, 2.05) is 27.7 Å². The first-order valence-electron chi connectivity index (χ1n) is 8.00. The largest absolute Gasteiger partial charge is 0.494 e. The lowest BCUT2D eigenvalue weighted by atomic mass is 9.79. The Balaban J connectivity index is 1.81. The van der Waals surface area contributed by atoms with E-state index >= 15 is 0 Å². The smallest absolute Gasteiger partial charge is 0.421 e. The van der Waals surface area contributed by atoms with Crippen LogP contribution in [0.1, 0.15) is 33.4 Å². The summed E-state index contributed by atoms with van der Waals surface area (Å²) in [4.78, 5) is 8.06. The Morgan fingerprint density at radius 3 is 2.44 bits per heavy atom. The summed E-state index contributed by atoms with van der Waals surface area (Å²) < 4.78 is 31.7. The Bertz CT molecular complexity index is 795. The fourth-order valence-electron chi connectivity index (χ4n) is 2.34. The van der Waals surface area contributed by atoms with E-state index < -0.39 is 24.1 Å². The molecule has 0 bridgehead atoms. The lowest BCUT2D eigenvalue weighted by Gasteiger charge is -2.32. The van der Waals surface area contributed by atoms with Crippen LogP contribution in [0, 0.1) is 5.82 Å². The second kappa shape index (κ2) is 6.24. The van der Waals surface area contributed by atoms with Crippen LogP contribution in [0.2, 0.25) is 0 Å². The third kappa shape index (κ3) is 3.43. The second-order valence-corrected chi connectivity index (χ2v) is 6.85. The van der Waals surface area contributed by atoms with E-state index in [0.29, 0.717) is 11.2 Å². The van der Waals surface area contributed by atoms with Crippen molar-refractivity contribution in [3.05, 3.63) is 48.6 Å². The number of benzene rings is 1. The van der Waals surface area contributed by atoms with E-state index in [9.17, 15) is 4.39 Å². The average Bonchev–Trinajstić information content (AvgIpc) is 2.77. The van der Waals surface area contributed by atoms with Gasteiger partial charge in [-0.25, -0.2) is 9.37 Å². The topological polar surface area (TPSA) is 53.5 Å². The van der Waals surface area contributed by atoms with Crippen molar-refractivity contribution in [2.45, 2.75) is 38.9 Å². The summed E-state index contributed by atoms with van der Waals surface area (Å²) in [5.74, 6) is -0.513. The summed E-state index contributed by atoms with van der Waals surface area (Å²) >= 11 is 0. The molecule has 0 unspecified atom stereocenters. The molecule has 5 nitrogen and oxygen atoms in total. The molecule has 0 amide bonds. The van der Waals surface area contributed by atoms with Crippen molar-refractivity contribution in [3.63, 3.8) is 0 Å². The Labute approximate surface area is 147 Å². The summed E-state index contributed by atoms with van der Waals surface area (Å²) in [5, 5.41) is 0. The summed E-state index contributed by atoms with van der Waals surface area (Å²) in [6, 6.07) is 6.30. The number of ether oxygens (including phenoxy) is 1. The van der Waals surface area contributed by atoms with Crippen LogP contribution in [0.15, 0.2) is 37.0 Å². The van der Waals surface area contributed by atoms with E-state index in [0.717, 1.165) is 0 Å². The molecule has 1 fully saturated rings. The molecule has 130 valence electrons. The number of hydrogen-bond acceptors (Lipinski definition) is 5. The zero-order valence-electron chi connectivity index (χ0n) is 14.7.